The molecule has 0 aliphatic heterocycles. The summed E-state index contributed by atoms with van der Waals surface area (Å²) in [6, 6.07) is 9.92. The predicted octanol–water partition coefficient (Wildman–Crippen LogP) is 1.16. The van der Waals surface area contributed by atoms with E-state index in [0.717, 1.165) is 31.2 Å². The number of carbonyl (C=O) groups is 2. The lowest BCUT2D eigenvalue weighted by atomic mass is 9.93. The fourth-order valence-electron chi connectivity index (χ4n) is 2.67. The molecule has 0 bridgehead atoms. The molecule has 120 valence electrons. The molecule has 0 aromatic heterocycles. The van der Waals surface area contributed by atoms with Gasteiger partial charge in [0, 0.05) is 12.5 Å². The summed E-state index contributed by atoms with van der Waals surface area (Å²) in [7, 11) is 0. The van der Waals surface area contributed by atoms with E-state index in [1.807, 2.05) is 30.3 Å². The third kappa shape index (κ3) is 5.85. The molecule has 0 atom stereocenters. The molecule has 0 spiro atoms. The van der Waals surface area contributed by atoms with E-state index in [2.05, 4.69) is 10.6 Å². The van der Waals surface area contributed by atoms with Crippen molar-refractivity contribution in [2.75, 3.05) is 6.54 Å². The number of carbonyl (C=O) groups excluding carboxylic acids is 2. The number of aryl methyl sites for hydroxylation is 1. The Morgan fingerprint density at radius 3 is 2.41 bits per heavy atom. The summed E-state index contributed by atoms with van der Waals surface area (Å²) < 4.78 is 0. The lowest BCUT2D eigenvalue weighted by Crippen LogP contribution is -2.43. The highest BCUT2D eigenvalue weighted by molar-refractivity contribution is 5.84. The largest absolute Gasteiger partial charge is 0.393 e. The molecule has 0 unspecified atom stereocenters. The van der Waals surface area contributed by atoms with E-state index in [0.29, 0.717) is 12.8 Å². The highest BCUT2D eigenvalue weighted by Crippen LogP contribution is 2.17. The maximum absolute atomic E-state index is 11.8. The van der Waals surface area contributed by atoms with Crippen molar-refractivity contribution < 1.29 is 14.7 Å². The quantitative estimate of drug-likeness (QED) is 0.738. The molecule has 1 aromatic carbocycles. The molecule has 22 heavy (non-hydrogen) atoms. The summed E-state index contributed by atoms with van der Waals surface area (Å²) in [6.45, 7) is 0.0205. The molecule has 1 fully saturated rings. The normalized spacial score (nSPS) is 21.1. The molecule has 1 aliphatic rings. The summed E-state index contributed by atoms with van der Waals surface area (Å²) in [4.78, 5) is 23.5. The molecule has 2 rings (SSSR count). The van der Waals surface area contributed by atoms with Crippen molar-refractivity contribution in [1.29, 1.82) is 0 Å². The number of rotatable bonds is 6. The molecule has 0 radical (unpaired) electrons. The van der Waals surface area contributed by atoms with E-state index in [1.54, 1.807) is 0 Å². The molecule has 1 aliphatic carbocycles. The van der Waals surface area contributed by atoms with Crippen molar-refractivity contribution in [3.8, 4) is 0 Å². The zero-order valence-corrected chi connectivity index (χ0v) is 12.8. The van der Waals surface area contributed by atoms with Crippen LogP contribution in [0, 0.1) is 0 Å². The minimum Gasteiger partial charge on any atom is -0.393 e. The molecule has 1 aromatic rings. The second-order valence-corrected chi connectivity index (χ2v) is 5.84. The van der Waals surface area contributed by atoms with E-state index < -0.39 is 0 Å². The standard InChI is InChI=1S/C17H24N2O3/c20-15-9-7-14(8-10-15)19-17(22)12-18-16(21)11-6-13-4-2-1-3-5-13/h1-5,14-15,20H,6-12H2,(H,18,21)(H,19,22). The van der Waals surface area contributed by atoms with Crippen LogP contribution in [0.2, 0.25) is 0 Å². The fourth-order valence-corrected chi connectivity index (χ4v) is 2.67. The van der Waals surface area contributed by atoms with E-state index in [9.17, 15) is 14.7 Å². The number of hydrogen-bond acceptors (Lipinski definition) is 3. The molecular formula is C17H24N2O3. The lowest BCUT2D eigenvalue weighted by Gasteiger charge is -2.26. The number of hydrogen-bond donors (Lipinski definition) is 3. The summed E-state index contributed by atoms with van der Waals surface area (Å²) >= 11 is 0. The van der Waals surface area contributed by atoms with Crippen molar-refractivity contribution in [3.63, 3.8) is 0 Å². The lowest BCUT2D eigenvalue weighted by molar-refractivity contribution is -0.126. The zero-order chi connectivity index (χ0) is 15.8. The van der Waals surface area contributed by atoms with Crippen molar-refractivity contribution in [2.24, 2.45) is 0 Å². The van der Waals surface area contributed by atoms with Gasteiger partial charge in [-0.1, -0.05) is 30.3 Å². The van der Waals surface area contributed by atoms with Crippen LogP contribution in [0.5, 0.6) is 0 Å². The van der Waals surface area contributed by atoms with Crippen molar-refractivity contribution in [3.05, 3.63) is 35.9 Å². The first-order valence-electron chi connectivity index (χ1n) is 7.91. The van der Waals surface area contributed by atoms with E-state index in [1.165, 1.54) is 0 Å². The molecule has 0 saturated heterocycles. The Kier molecular flexibility index (Phi) is 6.40. The Balaban J connectivity index is 1.60. The van der Waals surface area contributed by atoms with Gasteiger partial charge in [-0.25, -0.2) is 0 Å². The first kappa shape index (κ1) is 16.5. The van der Waals surface area contributed by atoms with Gasteiger partial charge in [0.25, 0.3) is 0 Å². The van der Waals surface area contributed by atoms with Crippen LogP contribution < -0.4 is 10.6 Å². The fraction of sp³-hybridized carbons (Fsp3) is 0.529. The maximum atomic E-state index is 11.8. The summed E-state index contributed by atoms with van der Waals surface area (Å²) in [6.07, 6.45) is 3.89. The SMILES string of the molecule is O=C(CCc1ccccc1)NCC(=O)NC1CCC(O)CC1. The topological polar surface area (TPSA) is 78.4 Å². The molecule has 5 heteroatoms. The Morgan fingerprint density at radius 2 is 1.73 bits per heavy atom. The number of amides is 2. The third-order valence-corrected chi connectivity index (χ3v) is 3.99. The smallest absolute Gasteiger partial charge is 0.239 e. The van der Waals surface area contributed by atoms with Crippen molar-refractivity contribution in [1.82, 2.24) is 10.6 Å². The number of aliphatic hydroxyl groups is 1. The summed E-state index contributed by atoms with van der Waals surface area (Å²) in [5, 5.41) is 15.0. The van der Waals surface area contributed by atoms with Crippen LogP contribution in [0.3, 0.4) is 0 Å². The van der Waals surface area contributed by atoms with Crippen LogP contribution in [0.25, 0.3) is 0 Å². The zero-order valence-electron chi connectivity index (χ0n) is 12.8. The van der Waals surface area contributed by atoms with Crippen LogP contribution in [-0.2, 0) is 16.0 Å². The van der Waals surface area contributed by atoms with Gasteiger partial charge in [0.05, 0.1) is 12.6 Å². The molecule has 1 saturated carbocycles. The monoisotopic (exact) mass is 304 g/mol. The number of benzene rings is 1. The number of nitrogens with one attached hydrogen (secondary N) is 2. The van der Waals surface area contributed by atoms with Gasteiger partial charge in [-0.3, -0.25) is 9.59 Å². The highest BCUT2D eigenvalue weighted by atomic mass is 16.3. The third-order valence-electron chi connectivity index (χ3n) is 3.99. The molecule has 2 amide bonds. The van der Waals surface area contributed by atoms with Gasteiger partial charge in [-0.15, -0.1) is 0 Å². The summed E-state index contributed by atoms with van der Waals surface area (Å²) in [5.74, 6) is -0.271. The maximum Gasteiger partial charge on any atom is 0.239 e. The van der Waals surface area contributed by atoms with Gasteiger partial charge in [-0.2, -0.15) is 0 Å². The van der Waals surface area contributed by atoms with Gasteiger partial charge in [0.15, 0.2) is 0 Å². The van der Waals surface area contributed by atoms with Gasteiger partial charge < -0.3 is 15.7 Å². The average Bonchev–Trinajstić information content (AvgIpc) is 2.54. The minimum atomic E-state index is -0.231. The predicted molar refractivity (Wildman–Crippen MR) is 84.2 cm³/mol. The average molecular weight is 304 g/mol. The first-order chi connectivity index (χ1) is 10.6. The molecular weight excluding hydrogens is 280 g/mol. The molecule has 3 N–H and O–H groups in total. The molecule has 0 heterocycles. The van der Waals surface area contributed by atoms with Gasteiger partial charge in [0.1, 0.15) is 0 Å². The van der Waals surface area contributed by atoms with Crippen LogP contribution in [0.1, 0.15) is 37.7 Å². The highest BCUT2D eigenvalue weighted by Gasteiger charge is 2.20. The van der Waals surface area contributed by atoms with Crippen molar-refractivity contribution in [2.45, 2.75) is 50.7 Å². The molecule has 5 nitrogen and oxygen atoms in total. The Hall–Kier alpha value is -1.88. The van der Waals surface area contributed by atoms with Crippen molar-refractivity contribution >= 4 is 11.8 Å². The number of aliphatic hydroxyl groups excluding tert-OH is 1. The van der Waals surface area contributed by atoms with Crippen LogP contribution in [0.15, 0.2) is 30.3 Å². The van der Waals surface area contributed by atoms with Crippen LogP contribution in [0.4, 0.5) is 0 Å². The van der Waals surface area contributed by atoms with E-state index in [-0.39, 0.29) is 30.5 Å². The van der Waals surface area contributed by atoms with E-state index in [4.69, 9.17) is 0 Å². The second-order valence-electron chi connectivity index (χ2n) is 5.84. The van der Waals surface area contributed by atoms with E-state index >= 15 is 0 Å². The Bertz CT molecular complexity index is 482. The minimum absolute atomic E-state index is 0.0205. The second kappa shape index (κ2) is 8.54. The van der Waals surface area contributed by atoms with Gasteiger partial charge >= 0.3 is 0 Å². The van der Waals surface area contributed by atoms with Gasteiger partial charge in [-0.05, 0) is 37.7 Å². The van der Waals surface area contributed by atoms with Crippen LogP contribution in [-0.4, -0.2) is 35.6 Å². The van der Waals surface area contributed by atoms with Crippen LogP contribution >= 0.6 is 0 Å². The first-order valence-corrected chi connectivity index (χ1v) is 7.91. The van der Waals surface area contributed by atoms with Gasteiger partial charge in [0.2, 0.25) is 11.8 Å². The Morgan fingerprint density at radius 1 is 1.05 bits per heavy atom. The summed E-state index contributed by atoms with van der Waals surface area (Å²) in [5.41, 5.74) is 1.11. The Labute approximate surface area is 131 Å².